The van der Waals surface area contributed by atoms with E-state index in [1.54, 1.807) is 0 Å². The molecule has 8 aromatic rings. The van der Waals surface area contributed by atoms with Crippen LogP contribution in [0.4, 0.5) is 0 Å². The number of hydrogen-bond donors (Lipinski definition) is 0. The second-order valence-corrected chi connectivity index (χ2v) is 11.8. The van der Waals surface area contributed by atoms with E-state index in [1.165, 1.54) is 71.7 Å². The van der Waals surface area contributed by atoms with Crippen LogP contribution < -0.4 is 0 Å². The van der Waals surface area contributed by atoms with Crippen molar-refractivity contribution in [3.8, 4) is 11.4 Å². The van der Waals surface area contributed by atoms with E-state index in [1.807, 2.05) is 0 Å². The summed E-state index contributed by atoms with van der Waals surface area (Å²) in [5, 5.41) is 5.17. The van der Waals surface area contributed by atoms with E-state index < -0.39 is 0 Å². The van der Waals surface area contributed by atoms with Crippen LogP contribution in [0, 0.1) is 0 Å². The zero-order valence-electron chi connectivity index (χ0n) is 24.3. The molecule has 1 unspecified atom stereocenters. The van der Waals surface area contributed by atoms with Crippen molar-refractivity contribution in [3.63, 3.8) is 0 Å². The van der Waals surface area contributed by atoms with Crippen LogP contribution >= 0.6 is 0 Å². The Morgan fingerprint density at radius 1 is 0.455 bits per heavy atom. The Balaban J connectivity index is 1.15. The molecule has 0 aliphatic heterocycles. The van der Waals surface area contributed by atoms with Gasteiger partial charge in [0.2, 0.25) is 0 Å². The first-order chi connectivity index (χ1) is 21.8. The average Bonchev–Trinajstić information content (AvgIpc) is 3.61. The average molecular weight is 563 g/mol. The molecule has 44 heavy (non-hydrogen) atoms. The highest BCUT2D eigenvalue weighted by Gasteiger charge is 2.18. The maximum atomic E-state index is 2.47. The maximum absolute atomic E-state index is 2.47. The van der Waals surface area contributed by atoms with E-state index in [-0.39, 0.29) is 0 Å². The second kappa shape index (κ2) is 10.00. The van der Waals surface area contributed by atoms with E-state index >= 15 is 0 Å². The highest BCUT2D eigenvalue weighted by atomic mass is 15.0. The predicted molar refractivity (Wildman–Crippen MR) is 186 cm³/mol. The van der Waals surface area contributed by atoms with E-state index in [9.17, 15) is 0 Å². The third kappa shape index (κ3) is 3.88. The van der Waals surface area contributed by atoms with Crippen molar-refractivity contribution in [2.24, 2.45) is 0 Å². The first-order valence-corrected chi connectivity index (χ1v) is 15.4. The number of para-hydroxylation sites is 4. The smallest absolute Gasteiger partial charge is 0.0541 e. The molecule has 0 bridgehead atoms. The normalized spacial score (nSPS) is 15.0. The fourth-order valence-corrected chi connectivity index (χ4v) is 7.19. The number of aromatic nitrogens is 2. The number of allylic oxidation sites excluding steroid dienone is 4. The maximum Gasteiger partial charge on any atom is 0.0541 e. The fourth-order valence-electron chi connectivity index (χ4n) is 7.19. The Hall–Kier alpha value is -5.60. The Morgan fingerprint density at radius 2 is 0.977 bits per heavy atom. The third-order valence-electron chi connectivity index (χ3n) is 9.23. The predicted octanol–water partition coefficient (Wildman–Crippen LogP) is 11.0. The molecule has 0 amide bonds. The lowest BCUT2D eigenvalue weighted by Gasteiger charge is -2.18. The topological polar surface area (TPSA) is 9.86 Å². The molecule has 9 rings (SSSR count). The number of benzene rings is 6. The van der Waals surface area contributed by atoms with Crippen LogP contribution in [0.15, 0.2) is 164 Å². The summed E-state index contributed by atoms with van der Waals surface area (Å²) in [6.45, 7) is 0. The van der Waals surface area contributed by atoms with Crippen LogP contribution in [0.5, 0.6) is 0 Å². The van der Waals surface area contributed by atoms with Crippen LogP contribution in [0.3, 0.4) is 0 Å². The van der Waals surface area contributed by atoms with Crippen LogP contribution in [-0.4, -0.2) is 9.13 Å². The minimum Gasteiger partial charge on any atom is -0.309 e. The van der Waals surface area contributed by atoms with E-state index in [0.717, 1.165) is 6.42 Å². The van der Waals surface area contributed by atoms with Gasteiger partial charge >= 0.3 is 0 Å². The van der Waals surface area contributed by atoms with Crippen LogP contribution in [0.2, 0.25) is 0 Å². The zero-order valence-corrected chi connectivity index (χ0v) is 24.3. The van der Waals surface area contributed by atoms with E-state index in [4.69, 9.17) is 0 Å². The Labute approximate surface area is 256 Å². The summed E-state index contributed by atoms with van der Waals surface area (Å²) in [4.78, 5) is 0. The second-order valence-electron chi connectivity index (χ2n) is 11.8. The summed E-state index contributed by atoms with van der Waals surface area (Å²) >= 11 is 0. The number of rotatable bonds is 4. The molecule has 0 fully saturated rings. The molecule has 208 valence electrons. The van der Waals surface area contributed by atoms with Crippen molar-refractivity contribution in [2.45, 2.75) is 12.3 Å². The lowest BCUT2D eigenvalue weighted by Crippen LogP contribution is -2.00. The monoisotopic (exact) mass is 562 g/mol. The number of nitrogens with zero attached hydrogens (tertiary/aromatic N) is 2. The molecule has 6 aromatic carbocycles. The molecule has 0 spiro atoms. The molecule has 2 heterocycles. The molecular weight excluding hydrogens is 532 g/mol. The lowest BCUT2D eigenvalue weighted by molar-refractivity contribution is 0.859. The molecule has 2 heteroatoms. The van der Waals surface area contributed by atoms with Crippen molar-refractivity contribution in [1.29, 1.82) is 0 Å². The molecule has 0 radical (unpaired) electrons. The fraction of sp³-hybridized carbons (Fsp3) is 0.0476. The van der Waals surface area contributed by atoms with Crippen molar-refractivity contribution >= 4 is 49.2 Å². The van der Waals surface area contributed by atoms with Crippen LogP contribution in [0.25, 0.3) is 60.6 Å². The van der Waals surface area contributed by atoms with Crippen molar-refractivity contribution in [3.05, 3.63) is 175 Å². The zero-order chi connectivity index (χ0) is 29.0. The van der Waals surface area contributed by atoms with Gasteiger partial charge in [0, 0.05) is 38.8 Å². The largest absolute Gasteiger partial charge is 0.309 e. The van der Waals surface area contributed by atoms with Gasteiger partial charge < -0.3 is 9.13 Å². The summed E-state index contributed by atoms with van der Waals surface area (Å²) in [6, 6.07) is 52.9. The minimum atomic E-state index is 0.319. The SMILES string of the molecule is C1=CC(c2ccc3c(c2)c2ccccc2n3-c2ccccc2)=CC(c2ccc3c(c2)c2ccccc2n3-c2ccccc2)C1. The summed E-state index contributed by atoms with van der Waals surface area (Å²) in [5.74, 6) is 0.319. The van der Waals surface area contributed by atoms with Crippen LogP contribution in [0.1, 0.15) is 23.5 Å². The highest BCUT2D eigenvalue weighted by molar-refractivity contribution is 6.11. The number of fused-ring (bicyclic) bond motifs is 6. The van der Waals surface area contributed by atoms with Gasteiger partial charge in [0.1, 0.15) is 0 Å². The van der Waals surface area contributed by atoms with Crippen LogP contribution in [-0.2, 0) is 0 Å². The molecule has 0 N–H and O–H groups in total. The summed E-state index contributed by atoms with van der Waals surface area (Å²) in [7, 11) is 0. The van der Waals surface area contributed by atoms with Crippen molar-refractivity contribution in [2.75, 3.05) is 0 Å². The van der Waals surface area contributed by atoms with Gasteiger partial charge in [0.15, 0.2) is 0 Å². The first-order valence-electron chi connectivity index (χ1n) is 15.4. The molecule has 0 saturated heterocycles. The van der Waals surface area contributed by atoms with Gasteiger partial charge in [-0.15, -0.1) is 0 Å². The Morgan fingerprint density at radius 3 is 1.61 bits per heavy atom. The summed E-state index contributed by atoms with van der Waals surface area (Å²) in [6.07, 6.45) is 8.11. The van der Waals surface area contributed by atoms with Gasteiger partial charge in [-0.25, -0.2) is 0 Å². The molecule has 1 atom stereocenters. The molecule has 0 saturated carbocycles. The molecule has 2 aromatic heterocycles. The number of hydrogen-bond acceptors (Lipinski definition) is 0. The first kappa shape index (κ1) is 24.9. The Kier molecular flexibility index (Phi) is 5.67. The molecule has 1 aliphatic rings. The Bertz CT molecular complexity index is 2400. The minimum absolute atomic E-state index is 0.319. The summed E-state index contributed by atoms with van der Waals surface area (Å²) < 4.78 is 4.76. The summed E-state index contributed by atoms with van der Waals surface area (Å²) in [5.41, 5.74) is 11.2. The van der Waals surface area contributed by atoms with Gasteiger partial charge in [0.05, 0.1) is 22.1 Å². The molecule has 2 nitrogen and oxygen atoms in total. The van der Waals surface area contributed by atoms with Gasteiger partial charge in [-0.1, -0.05) is 103 Å². The molecular formula is C42H30N2. The quantitative estimate of drug-likeness (QED) is 0.202. The van der Waals surface area contributed by atoms with E-state index in [2.05, 4.69) is 173 Å². The van der Waals surface area contributed by atoms with Crippen molar-refractivity contribution in [1.82, 2.24) is 9.13 Å². The van der Waals surface area contributed by atoms with E-state index in [0.29, 0.717) is 5.92 Å². The lowest BCUT2D eigenvalue weighted by atomic mass is 9.86. The van der Waals surface area contributed by atoms with Crippen molar-refractivity contribution < 1.29 is 0 Å². The highest BCUT2D eigenvalue weighted by Crippen LogP contribution is 2.39. The van der Waals surface area contributed by atoms with Gasteiger partial charge in [0.25, 0.3) is 0 Å². The standard InChI is InChI=1S/C42H30N2/c1-3-14-33(15-4-1)43-39-20-9-7-18-35(39)37-27-31(22-24-41(37)43)29-12-11-13-30(26-29)32-23-25-42-38(28-32)36-19-8-10-21-40(36)44(42)34-16-5-2-6-17-34/h1-12,14-28,30H,13H2. The third-order valence-corrected chi connectivity index (χ3v) is 9.23. The van der Waals surface area contributed by atoms with Gasteiger partial charge in [-0.3, -0.25) is 0 Å². The molecule has 1 aliphatic carbocycles. The van der Waals surface area contributed by atoms with Gasteiger partial charge in [-0.2, -0.15) is 0 Å². The van der Waals surface area contributed by atoms with Gasteiger partial charge in [-0.05, 0) is 83.8 Å².